The third-order valence-corrected chi connectivity index (χ3v) is 11.7. The Bertz CT molecular complexity index is 677. The minimum absolute atomic E-state index is 1.03. The standard InChI is InChI=1S/C22H23P/c1-3-23(4-2,20-14-8-5-9-15-20,21-16-10-6-11-17-21)22-18-12-7-13-19-22/h3,5-19H,1,4H2,2H3. The first-order valence-electron chi connectivity index (χ1n) is 8.09. The van der Waals surface area contributed by atoms with E-state index in [4.69, 9.17) is 0 Å². The fourth-order valence-corrected chi connectivity index (χ4v) is 9.19. The van der Waals surface area contributed by atoms with Crippen molar-refractivity contribution in [2.45, 2.75) is 6.92 Å². The Hall–Kier alpha value is -2.17. The molecular formula is C22H23P. The van der Waals surface area contributed by atoms with Gasteiger partial charge in [0, 0.05) is 0 Å². The van der Waals surface area contributed by atoms with Crippen molar-refractivity contribution in [2.75, 3.05) is 6.16 Å². The van der Waals surface area contributed by atoms with Crippen LogP contribution in [0.3, 0.4) is 0 Å². The van der Waals surface area contributed by atoms with Crippen molar-refractivity contribution in [3.05, 3.63) is 103 Å². The number of benzene rings is 3. The normalized spacial score (nSPS) is 13.0. The summed E-state index contributed by atoms with van der Waals surface area (Å²) in [6, 6.07) is 32.7. The van der Waals surface area contributed by atoms with Gasteiger partial charge in [0.15, 0.2) is 0 Å². The first-order chi connectivity index (χ1) is 11.3. The zero-order valence-corrected chi connectivity index (χ0v) is 14.5. The van der Waals surface area contributed by atoms with Crippen LogP contribution in [0.5, 0.6) is 0 Å². The Balaban J connectivity index is 2.49. The molecule has 3 aromatic carbocycles. The van der Waals surface area contributed by atoms with Crippen molar-refractivity contribution in [3.8, 4) is 0 Å². The van der Waals surface area contributed by atoms with Crippen molar-refractivity contribution in [1.29, 1.82) is 0 Å². The molecule has 0 nitrogen and oxygen atoms in total. The van der Waals surface area contributed by atoms with Gasteiger partial charge in [-0.3, -0.25) is 0 Å². The summed E-state index contributed by atoms with van der Waals surface area (Å²) in [5.74, 6) is 2.26. The molecule has 0 saturated heterocycles. The van der Waals surface area contributed by atoms with Crippen molar-refractivity contribution in [2.24, 2.45) is 0 Å². The van der Waals surface area contributed by atoms with Gasteiger partial charge in [-0.25, -0.2) is 0 Å². The summed E-state index contributed by atoms with van der Waals surface area (Å²) in [5.41, 5.74) is 0. The van der Waals surface area contributed by atoms with Crippen LogP contribution in [0.25, 0.3) is 0 Å². The van der Waals surface area contributed by atoms with Gasteiger partial charge in [-0.1, -0.05) is 0 Å². The van der Waals surface area contributed by atoms with Crippen LogP contribution < -0.4 is 15.9 Å². The molecule has 0 spiro atoms. The van der Waals surface area contributed by atoms with Crippen molar-refractivity contribution < 1.29 is 0 Å². The van der Waals surface area contributed by atoms with E-state index in [-0.39, 0.29) is 0 Å². The van der Waals surface area contributed by atoms with Gasteiger partial charge >= 0.3 is 139 Å². The van der Waals surface area contributed by atoms with Crippen molar-refractivity contribution >= 4 is 22.5 Å². The Morgan fingerprint density at radius 1 is 0.652 bits per heavy atom. The molecular weight excluding hydrogens is 295 g/mol. The maximum absolute atomic E-state index is 4.36. The zero-order chi connectivity index (χ0) is 16.2. The summed E-state index contributed by atoms with van der Waals surface area (Å²) in [4.78, 5) is 0. The molecule has 116 valence electrons. The molecule has 0 N–H and O–H groups in total. The van der Waals surface area contributed by atoms with Crippen LogP contribution in [0, 0.1) is 0 Å². The van der Waals surface area contributed by atoms with Crippen molar-refractivity contribution in [3.63, 3.8) is 0 Å². The Labute approximate surface area is 139 Å². The molecule has 0 fully saturated rings. The number of hydrogen-bond donors (Lipinski definition) is 0. The van der Waals surface area contributed by atoms with E-state index in [0.29, 0.717) is 0 Å². The molecule has 0 atom stereocenters. The number of rotatable bonds is 5. The Morgan fingerprint density at radius 2 is 0.957 bits per heavy atom. The first kappa shape index (κ1) is 15.7. The summed E-state index contributed by atoms with van der Waals surface area (Å²) >= 11 is 0. The second-order valence-electron chi connectivity index (χ2n) is 5.89. The molecule has 23 heavy (non-hydrogen) atoms. The SMILES string of the molecule is C=CP(CC)(c1ccccc1)(c1ccccc1)c1ccccc1. The predicted molar refractivity (Wildman–Crippen MR) is 106 cm³/mol. The van der Waals surface area contributed by atoms with Gasteiger partial charge in [-0.2, -0.15) is 0 Å². The van der Waals surface area contributed by atoms with Crippen LogP contribution in [0.2, 0.25) is 0 Å². The van der Waals surface area contributed by atoms with Crippen molar-refractivity contribution in [1.82, 2.24) is 0 Å². The molecule has 0 aliphatic rings. The minimum atomic E-state index is -2.66. The van der Waals surface area contributed by atoms with Crippen LogP contribution >= 0.6 is 6.60 Å². The third kappa shape index (κ3) is 2.18. The first-order valence-corrected chi connectivity index (χ1v) is 10.6. The van der Waals surface area contributed by atoms with Crippen LogP contribution in [-0.2, 0) is 0 Å². The van der Waals surface area contributed by atoms with Crippen LogP contribution in [0.1, 0.15) is 6.92 Å². The molecule has 0 heterocycles. The van der Waals surface area contributed by atoms with E-state index >= 15 is 0 Å². The summed E-state index contributed by atoms with van der Waals surface area (Å²) < 4.78 is 0. The molecule has 0 amide bonds. The summed E-state index contributed by atoms with van der Waals surface area (Å²) in [6.07, 6.45) is 1.03. The van der Waals surface area contributed by atoms with Gasteiger partial charge in [-0.15, -0.1) is 0 Å². The van der Waals surface area contributed by atoms with E-state index < -0.39 is 6.60 Å². The van der Waals surface area contributed by atoms with E-state index in [1.54, 1.807) is 0 Å². The zero-order valence-electron chi connectivity index (χ0n) is 13.6. The molecule has 1 heteroatoms. The van der Waals surface area contributed by atoms with E-state index in [2.05, 4.69) is 110 Å². The second-order valence-corrected chi connectivity index (χ2v) is 11.2. The Morgan fingerprint density at radius 3 is 1.17 bits per heavy atom. The van der Waals surface area contributed by atoms with Crippen LogP contribution in [0.4, 0.5) is 0 Å². The molecule has 0 aliphatic heterocycles. The van der Waals surface area contributed by atoms with Gasteiger partial charge in [0.25, 0.3) is 0 Å². The molecule has 0 unspecified atom stereocenters. The summed E-state index contributed by atoms with van der Waals surface area (Å²) in [5, 5.41) is 4.15. The molecule has 3 aromatic rings. The molecule has 0 saturated carbocycles. The van der Waals surface area contributed by atoms with Gasteiger partial charge in [-0.05, 0) is 0 Å². The Kier molecular flexibility index (Phi) is 4.20. The number of hydrogen-bond acceptors (Lipinski definition) is 0. The van der Waals surface area contributed by atoms with Gasteiger partial charge in [0.2, 0.25) is 0 Å². The molecule has 0 aromatic heterocycles. The predicted octanol–water partition coefficient (Wildman–Crippen LogP) is 4.68. The van der Waals surface area contributed by atoms with E-state index in [9.17, 15) is 0 Å². The van der Waals surface area contributed by atoms with Crippen LogP contribution in [-0.4, -0.2) is 6.16 Å². The summed E-state index contributed by atoms with van der Waals surface area (Å²) in [6.45, 7) is 4.00. The van der Waals surface area contributed by atoms with E-state index in [0.717, 1.165) is 6.16 Å². The van der Waals surface area contributed by atoms with E-state index in [1.165, 1.54) is 15.9 Å². The van der Waals surface area contributed by atoms with E-state index in [1.807, 2.05) is 0 Å². The quantitative estimate of drug-likeness (QED) is 0.599. The van der Waals surface area contributed by atoms with Gasteiger partial charge < -0.3 is 0 Å². The fraction of sp³-hybridized carbons (Fsp3) is 0.0909. The average Bonchev–Trinajstić information content (AvgIpc) is 2.67. The fourth-order valence-electron chi connectivity index (χ4n) is 3.75. The monoisotopic (exact) mass is 318 g/mol. The average molecular weight is 318 g/mol. The molecule has 0 aliphatic carbocycles. The third-order valence-electron chi connectivity index (χ3n) is 5.10. The molecule has 3 rings (SSSR count). The van der Waals surface area contributed by atoms with Gasteiger partial charge in [0.1, 0.15) is 0 Å². The van der Waals surface area contributed by atoms with Crippen LogP contribution in [0.15, 0.2) is 103 Å². The second kappa shape index (κ2) is 6.14. The van der Waals surface area contributed by atoms with Gasteiger partial charge in [0.05, 0.1) is 0 Å². The molecule has 0 bridgehead atoms. The topological polar surface area (TPSA) is 0 Å². The molecule has 0 radical (unpaired) electrons. The maximum atomic E-state index is 4.36. The summed E-state index contributed by atoms with van der Waals surface area (Å²) in [7, 11) is 0.